The molecule has 138 valence electrons. The van der Waals surface area contributed by atoms with Gasteiger partial charge in [0.05, 0.1) is 19.8 Å². The van der Waals surface area contributed by atoms with Crippen LogP contribution in [0.1, 0.15) is 13.3 Å². The van der Waals surface area contributed by atoms with E-state index in [-0.39, 0.29) is 0 Å². The maximum Gasteiger partial charge on any atom is 0.196 e. The molecule has 3 rings (SSSR count). The van der Waals surface area contributed by atoms with Crippen molar-refractivity contribution < 1.29 is 9.47 Å². The molecule has 0 amide bonds. The lowest BCUT2D eigenvalue weighted by atomic mass is 10.2. The molecule has 0 aliphatic carbocycles. The predicted molar refractivity (Wildman–Crippen MR) is 105 cm³/mol. The summed E-state index contributed by atoms with van der Waals surface area (Å²) in [5.74, 6) is 3.00. The van der Waals surface area contributed by atoms with E-state index >= 15 is 0 Å². The molecule has 0 N–H and O–H groups in total. The van der Waals surface area contributed by atoms with E-state index in [1.807, 2.05) is 60.0 Å². The van der Waals surface area contributed by atoms with Crippen LogP contribution in [-0.2, 0) is 0 Å². The Morgan fingerprint density at radius 1 is 1.04 bits per heavy atom. The molecular formula is C20H20N4O2S. The van der Waals surface area contributed by atoms with Crippen molar-refractivity contribution in [1.29, 1.82) is 5.26 Å². The van der Waals surface area contributed by atoms with Crippen LogP contribution >= 0.6 is 11.8 Å². The molecule has 0 atom stereocenters. The summed E-state index contributed by atoms with van der Waals surface area (Å²) >= 11 is 1.51. The zero-order valence-corrected chi connectivity index (χ0v) is 16.1. The van der Waals surface area contributed by atoms with E-state index in [0.717, 1.165) is 33.7 Å². The molecule has 0 bridgehead atoms. The molecule has 3 aromatic rings. The van der Waals surface area contributed by atoms with Gasteiger partial charge in [0.25, 0.3) is 0 Å². The molecule has 0 spiro atoms. The molecule has 0 aliphatic rings. The Morgan fingerprint density at radius 3 is 2.37 bits per heavy atom. The van der Waals surface area contributed by atoms with Crippen LogP contribution in [0.4, 0.5) is 0 Å². The molecule has 6 nitrogen and oxygen atoms in total. The van der Waals surface area contributed by atoms with Gasteiger partial charge in [0, 0.05) is 23.4 Å². The second-order valence-electron chi connectivity index (χ2n) is 5.55. The monoisotopic (exact) mass is 380 g/mol. The highest BCUT2D eigenvalue weighted by molar-refractivity contribution is 7.99. The number of hydrogen-bond donors (Lipinski definition) is 0. The summed E-state index contributed by atoms with van der Waals surface area (Å²) in [6, 6.07) is 17.7. The summed E-state index contributed by atoms with van der Waals surface area (Å²) in [6.45, 7) is 2.58. The van der Waals surface area contributed by atoms with Crippen LogP contribution in [0.2, 0.25) is 0 Å². The van der Waals surface area contributed by atoms with Gasteiger partial charge < -0.3 is 9.47 Å². The number of benzene rings is 2. The third kappa shape index (κ3) is 4.41. The fourth-order valence-corrected chi connectivity index (χ4v) is 3.36. The smallest absolute Gasteiger partial charge is 0.196 e. The third-order valence-corrected chi connectivity index (χ3v) is 4.76. The Bertz CT molecular complexity index is 915. The highest BCUT2D eigenvalue weighted by Gasteiger charge is 2.16. The minimum atomic E-state index is 0.457. The Hall–Kier alpha value is -2.98. The largest absolute Gasteiger partial charge is 0.497 e. The van der Waals surface area contributed by atoms with Gasteiger partial charge in [0.2, 0.25) is 0 Å². The van der Waals surface area contributed by atoms with Crippen molar-refractivity contribution in [1.82, 2.24) is 14.8 Å². The summed E-state index contributed by atoms with van der Waals surface area (Å²) in [5, 5.41) is 18.3. The molecule has 27 heavy (non-hydrogen) atoms. The molecule has 7 heteroatoms. The summed E-state index contributed by atoms with van der Waals surface area (Å²) in [4.78, 5) is 0. The molecular weight excluding hydrogens is 360 g/mol. The van der Waals surface area contributed by atoms with Crippen molar-refractivity contribution in [3.05, 3.63) is 48.5 Å². The van der Waals surface area contributed by atoms with Gasteiger partial charge in [-0.15, -0.1) is 10.2 Å². The van der Waals surface area contributed by atoms with Gasteiger partial charge in [-0.05, 0) is 55.5 Å². The second kappa shape index (κ2) is 9.10. The highest BCUT2D eigenvalue weighted by Crippen LogP contribution is 2.30. The van der Waals surface area contributed by atoms with E-state index < -0.39 is 0 Å². The molecule has 2 aromatic carbocycles. The zero-order valence-electron chi connectivity index (χ0n) is 15.3. The number of nitrogens with zero attached hydrogens (tertiary/aromatic N) is 4. The summed E-state index contributed by atoms with van der Waals surface area (Å²) < 4.78 is 12.8. The van der Waals surface area contributed by atoms with Gasteiger partial charge in [0.1, 0.15) is 11.5 Å². The van der Waals surface area contributed by atoms with E-state index in [4.69, 9.17) is 14.7 Å². The van der Waals surface area contributed by atoms with Crippen LogP contribution in [0.3, 0.4) is 0 Å². The van der Waals surface area contributed by atoms with E-state index in [1.54, 1.807) is 7.11 Å². The van der Waals surface area contributed by atoms with Crippen molar-refractivity contribution in [3.63, 3.8) is 0 Å². The molecule has 0 unspecified atom stereocenters. The first-order chi connectivity index (χ1) is 13.3. The lowest BCUT2D eigenvalue weighted by Crippen LogP contribution is -2.00. The zero-order chi connectivity index (χ0) is 19.1. The second-order valence-corrected chi connectivity index (χ2v) is 6.62. The average Bonchev–Trinajstić information content (AvgIpc) is 3.13. The first kappa shape index (κ1) is 18.8. The topological polar surface area (TPSA) is 73.0 Å². The molecule has 1 aromatic heterocycles. The lowest BCUT2D eigenvalue weighted by Gasteiger charge is -2.11. The molecule has 0 fully saturated rings. The molecule has 0 aliphatic heterocycles. The Labute approximate surface area is 162 Å². The van der Waals surface area contributed by atoms with Crippen LogP contribution in [0.25, 0.3) is 17.1 Å². The van der Waals surface area contributed by atoms with E-state index in [0.29, 0.717) is 18.8 Å². The Balaban J connectivity index is 2.01. The number of rotatable bonds is 8. The van der Waals surface area contributed by atoms with Gasteiger partial charge in [-0.3, -0.25) is 4.57 Å². The SMILES string of the molecule is CCOc1ccc(-n2c(SCCC#N)nnc2-c2ccc(OC)cc2)cc1. The first-order valence-corrected chi connectivity index (χ1v) is 9.58. The van der Waals surface area contributed by atoms with Crippen molar-refractivity contribution >= 4 is 11.8 Å². The Morgan fingerprint density at radius 2 is 1.74 bits per heavy atom. The van der Waals surface area contributed by atoms with Crippen molar-refractivity contribution in [3.8, 4) is 34.6 Å². The fourth-order valence-electron chi connectivity index (χ4n) is 2.57. The summed E-state index contributed by atoms with van der Waals surface area (Å²) in [5.41, 5.74) is 1.87. The number of aromatic nitrogens is 3. The van der Waals surface area contributed by atoms with Crippen molar-refractivity contribution in [2.75, 3.05) is 19.5 Å². The third-order valence-electron chi connectivity index (χ3n) is 3.83. The lowest BCUT2D eigenvalue weighted by molar-refractivity contribution is 0.340. The quantitative estimate of drug-likeness (QED) is 0.427. The summed E-state index contributed by atoms with van der Waals surface area (Å²) in [7, 11) is 1.64. The molecule has 0 radical (unpaired) electrons. The highest BCUT2D eigenvalue weighted by atomic mass is 32.2. The maximum atomic E-state index is 8.81. The van der Waals surface area contributed by atoms with E-state index in [2.05, 4.69) is 16.3 Å². The van der Waals surface area contributed by atoms with Gasteiger partial charge in [0.15, 0.2) is 11.0 Å². The predicted octanol–water partition coefficient (Wildman–Crippen LogP) is 4.35. The molecule has 1 heterocycles. The minimum absolute atomic E-state index is 0.457. The van der Waals surface area contributed by atoms with E-state index in [9.17, 15) is 0 Å². The van der Waals surface area contributed by atoms with Crippen molar-refractivity contribution in [2.24, 2.45) is 0 Å². The average molecular weight is 380 g/mol. The van der Waals surface area contributed by atoms with Gasteiger partial charge in [-0.2, -0.15) is 5.26 Å². The summed E-state index contributed by atoms with van der Waals surface area (Å²) in [6.07, 6.45) is 0.457. The van der Waals surface area contributed by atoms with Gasteiger partial charge in [-0.1, -0.05) is 11.8 Å². The van der Waals surface area contributed by atoms with Crippen LogP contribution in [-0.4, -0.2) is 34.2 Å². The van der Waals surface area contributed by atoms with Crippen LogP contribution in [0, 0.1) is 11.3 Å². The number of methoxy groups -OCH3 is 1. The first-order valence-electron chi connectivity index (χ1n) is 8.59. The Kier molecular flexibility index (Phi) is 6.34. The number of hydrogen-bond acceptors (Lipinski definition) is 6. The van der Waals surface area contributed by atoms with Gasteiger partial charge >= 0.3 is 0 Å². The fraction of sp³-hybridized carbons (Fsp3) is 0.250. The maximum absolute atomic E-state index is 8.81. The van der Waals surface area contributed by atoms with Crippen LogP contribution in [0.15, 0.2) is 53.7 Å². The van der Waals surface area contributed by atoms with Gasteiger partial charge in [-0.25, -0.2) is 0 Å². The number of thioether (sulfide) groups is 1. The number of nitriles is 1. The van der Waals surface area contributed by atoms with Crippen molar-refractivity contribution in [2.45, 2.75) is 18.5 Å². The standard InChI is InChI=1S/C20H20N4O2S/c1-3-26-18-11-7-16(8-12-18)24-19(15-5-9-17(25-2)10-6-15)22-23-20(24)27-14-4-13-21/h5-12H,3-4,14H2,1-2H3. The molecule has 0 saturated heterocycles. The minimum Gasteiger partial charge on any atom is -0.497 e. The van der Waals surface area contributed by atoms with E-state index in [1.165, 1.54) is 11.8 Å². The molecule has 0 saturated carbocycles. The normalized spacial score (nSPS) is 10.4. The number of ether oxygens (including phenoxy) is 2. The van der Waals surface area contributed by atoms with Crippen LogP contribution in [0.5, 0.6) is 11.5 Å². The van der Waals surface area contributed by atoms with Crippen LogP contribution < -0.4 is 9.47 Å².